The molecule has 144 valence electrons. The highest BCUT2D eigenvalue weighted by molar-refractivity contribution is 7.18. The second-order valence-electron chi connectivity index (χ2n) is 6.94. The molecular formula is C19H29N2O4S+. The molecule has 1 unspecified atom stereocenters. The van der Waals surface area contributed by atoms with Gasteiger partial charge < -0.3 is 15.0 Å². The summed E-state index contributed by atoms with van der Waals surface area (Å²) in [4.78, 5) is 38.3. The lowest BCUT2D eigenvalue weighted by molar-refractivity contribution is -0.899. The molecular weight excluding hydrogens is 352 g/mol. The third-order valence-corrected chi connectivity index (χ3v) is 6.25. The summed E-state index contributed by atoms with van der Waals surface area (Å²) >= 11 is 1.15. The molecule has 1 saturated carbocycles. The van der Waals surface area contributed by atoms with Gasteiger partial charge in [-0.15, -0.1) is 11.3 Å². The smallest absolute Gasteiger partial charge is 0.341 e. The summed E-state index contributed by atoms with van der Waals surface area (Å²) in [5.74, 6) is -0.768. The second kappa shape index (κ2) is 9.28. The number of rotatable bonds is 7. The van der Waals surface area contributed by atoms with E-state index in [2.05, 4.69) is 5.32 Å². The predicted octanol–water partition coefficient (Wildman–Crippen LogP) is 2.22. The first-order chi connectivity index (χ1) is 12.3. The summed E-state index contributed by atoms with van der Waals surface area (Å²) in [5.41, 5.74) is 0.870. The Morgan fingerprint density at radius 3 is 2.46 bits per heavy atom. The predicted molar refractivity (Wildman–Crippen MR) is 102 cm³/mol. The largest absolute Gasteiger partial charge is 0.462 e. The molecule has 1 heterocycles. The van der Waals surface area contributed by atoms with Gasteiger partial charge in [-0.1, -0.05) is 6.42 Å². The Morgan fingerprint density at radius 2 is 1.88 bits per heavy atom. The number of nitrogens with one attached hydrogen (secondary N) is 2. The van der Waals surface area contributed by atoms with E-state index in [1.54, 1.807) is 13.8 Å². The van der Waals surface area contributed by atoms with E-state index in [9.17, 15) is 14.4 Å². The average molecular weight is 382 g/mol. The standard InChI is InChI=1S/C19H28N2O4S/c1-5-25-19(24)16-12(2)17(13(3)22)26-18(16)20-15(23)11-21(4)14-9-7-6-8-10-14/h14H,5-11H2,1-4H3,(H,20,23)/p+1. The van der Waals surface area contributed by atoms with Crippen LogP contribution in [0.25, 0.3) is 0 Å². The van der Waals surface area contributed by atoms with Crippen molar-refractivity contribution in [2.45, 2.75) is 58.9 Å². The number of thiophene rings is 1. The molecule has 0 radical (unpaired) electrons. The molecule has 1 aromatic rings. The number of esters is 1. The molecule has 2 rings (SSSR count). The van der Waals surface area contributed by atoms with Gasteiger partial charge in [0, 0.05) is 0 Å². The fourth-order valence-electron chi connectivity index (χ4n) is 3.55. The van der Waals surface area contributed by atoms with Crippen LogP contribution in [0, 0.1) is 6.92 Å². The third kappa shape index (κ3) is 4.92. The van der Waals surface area contributed by atoms with Crippen molar-refractivity contribution < 1.29 is 24.0 Å². The third-order valence-electron chi connectivity index (χ3n) is 4.94. The number of likely N-dealkylation sites (N-methyl/N-ethyl adjacent to an activating group) is 1. The first-order valence-electron chi connectivity index (χ1n) is 9.28. The number of hydrogen-bond acceptors (Lipinski definition) is 5. The molecule has 6 nitrogen and oxygen atoms in total. The van der Waals surface area contributed by atoms with E-state index in [4.69, 9.17) is 4.74 Å². The minimum atomic E-state index is -0.503. The number of ketones is 1. The van der Waals surface area contributed by atoms with Crippen molar-refractivity contribution in [2.75, 3.05) is 25.5 Å². The van der Waals surface area contributed by atoms with Gasteiger partial charge in [-0.25, -0.2) is 4.79 Å². The fourth-order valence-corrected chi connectivity index (χ4v) is 4.66. The number of ether oxygens (including phenoxy) is 1. The minimum Gasteiger partial charge on any atom is -0.462 e. The number of amides is 1. The first kappa shape index (κ1) is 20.6. The Hall–Kier alpha value is -1.73. The maximum absolute atomic E-state index is 12.5. The van der Waals surface area contributed by atoms with Crippen LogP contribution in [0.4, 0.5) is 5.00 Å². The number of Topliss-reactive ketones (excluding diaryl/α,β-unsaturated/α-hetero) is 1. The zero-order valence-corrected chi connectivity index (χ0v) is 16.9. The van der Waals surface area contributed by atoms with Gasteiger partial charge in [0.2, 0.25) is 0 Å². The molecule has 26 heavy (non-hydrogen) atoms. The lowest BCUT2D eigenvalue weighted by Crippen LogP contribution is -3.14. The van der Waals surface area contributed by atoms with Crippen LogP contribution < -0.4 is 10.2 Å². The van der Waals surface area contributed by atoms with E-state index in [0.29, 0.717) is 33.6 Å². The topological polar surface area (TPSA) is 76.9 Å². The molecule has 1 aliphatic rings. The number of carbonyl (C=O) groups excluding carboxylic acids is 3. The van der Waals surface area contributed by atoms with Crippen molar-refractivity contribution in [3.8, 4) is 0 Å². The van der Waals surface area contributed by atoms with Crippen LogP contribution in [-0.4, -0.2) is 43.9 Å². The molecule has 1 aliphatic carbocycles. The molecule has 1 amide bonds. The molecule has 1 atom stereocenters. The van der Waals surface area contributed by atoms with E-state index >= 15 is 0 Å². The van der Waals surface area contributed by atoms with Gasteiger partial charge in [0.05, 0.1) is 30.1 Å². The van der Waals surface area contributed by atoms with Crippen molar-refractivity contribution in [2.24, 2.45) is 0 Å². The van der Waals surface area contributed by atoms with Crippen molar-refractivity contribution in [1.82, 2.24) is 0 Å². The Labute approximate surface area is 158 Å². The van der Waals surface area contributed by atoms with Gasteiger partial charge in [-0.3, -0.25) is 9.59 Å². The number of carbonyl (C=O) groups is 3. The monoisotopic (exact) mass is 381 g/mol. The van der Waals surface area contributed by atoms with E-state index in [-0.39, 0.29) is 18.3 Å². The van der Waals surface area contributed by atoms with Crippen LogP contribution in [0.15, 0.2) is 0 Å². The van der Waals surface area contributed by atoms with Gasteiger partial charge in [0.15, 0.2) is 12.3 Å². The zero-order chi connectivity index (χ0) is 19.3. The van der Waals surface area contributed by atoms with Gasteiger partial charge in [0.1, 0.15) is 5.00 Å². The average Bonchev–Trinajstić information content (AvgIpc) is 2.92. The van der Waals surface area contributed by atoms with Crippen LogP contribution in [-0.2, 0) is 9.53 Å². The molecule has 0 aliphatic heterocycles. The second-order valence-corrected chi connectivity index (χ2v) is 7.96. The normalized spacial score (nSPS) is 16.2. The number of hydrogen-bond donors (Lipinski definition) is 2. The highest BCUT2D eigenvalue weighted by Gasteiger charge is 2.27. The summed E-state index contributed by atoms with van der Waals surface area (Å²) in [6, 6.07) is 0.511. The summed E-state index contributed by atoms with van der Waals surface area (Å²) in [7, 11) is 2.04. The summed E-state index contributed by atoms with van der Waals surface area (Å²) < 4.78 is 5.10. The van der Waals surface area contributed by atoms with Gasteiger partial charge >= 0.3 is 5.97 Å². The quantitative estimate of drug-likeness (QED) is 0.561. The van der Waals surface area contributed by atoms with Gasteiger partial charge in [-0.2, -0.15) is 0 Å². The molecule has 7 heteroatoms. The Balaban J connectivity index is 2.13. The van der Waals surface area contributed by atoms with E-state index in [0.717, 1.165) is 24.2 Å². The summed E-state index contributed by atoms with van der Waals surface area (Å²) in [6.07, 6.45) is 6.03. The Kier molecular flexibility index (Phi) is 7.34. The number of anilines is 1. The Morgan fingerprint density at radius 1 is 1.23 bits per heavy atom. The molecule has 0 aromatic carbocycles. The van der Waals surface area contributed by atoms with Gasteiger partial charge in [-0.05, 0) is 52.0 Å². The van der Waals surface area contributed by atoms with Crippen LogP contribution in [0.5, 0.6) is 0 Å². The maximum atomic E-state index is 12.5. The highest BCUT2D eigenvalue weighted by Crippen LogP contribution is 2.34. The highest BCUT2D eigenvalue weighted by atomic mass is 32.1. The van der Waals surface area contributed by atoms with Crippen LogP contribution in [0.2, 0.25) is 0 Å². The van der Waals surface area contributed by atoms with Crippen LogP contribution in [0.1, 0.15) is 71.5 Å². The molecule has 2 N–H and O–H groups in total. The van der Waals surface area contributed by atoms with Crippen molar-refractivity contribution in [3.05, 3.63) is 16.0 Å². The number of quaternary nitrogens is 1. The summed E-state index contributed by atoms with van der Waals surface area (Å²) in [6.45, 7) is 5.49. The lowest BCUT2D eigenvalue weighted by Gasteiger charge is -2.27. The molecule has 1 aromatic heterocycles. The van der Waals surface area contributed by atoms with Crippen molar-refractivity contribution in [3.63, 3.8) is 0 Å². The fraction of sp³-hybridized carbons (Fsp3) is 0.632. The molecule has 0 spiro atoms. The lowest BCUT2D eigenvalue weighted by atomic mass is 9.94. The maximum Gasteiger partial charge on any atom is 0.341 e. The first-order valence-corrected chi connectivity index (χ1v) is 10.1. The zero-order valence-electron chi connectivity index (χ0n) is 16.1. The summed E-state index contributed by atoms with van der Waals surface area (Å²) in [5, 5.41) is 3.25. The molecule has 0 saturated heterocycles. The van der Waals surface area contributed by atoms with Gasteiger partial charge in [0.25, 0.3) is 5.91 Å². The van der Waals surface area contributed by atoms with Crippen molar-refractivity contribution >= 4 is 34.0 Å². The SMILES string of the molecule is CCOC(=O)c1c(NC(=O)C[NH+](C)C2CCCCC2)sc(C(C)=O)c1C. The van der Waals surface area contributed by atoms with E-state index in [1.807, 2.05) is 7.05 Å². The van der Waals surface area contributed by atoms with Crippen LogP contribution in [0.3, 0.4) is 0 Å². The van der Waals surface area contributed by atoms with Crippen molar-refractivity contribution in [1.29, 1.82) is 0 Å². The molecule has 0 bridgehead atoms. The van der Waals surface area contributed by atoms with E-state index in [1.165, 1.54) is 31.1 Å². The Bertz CT molecular complexity index is 677. The minimum absolute atomic E-state index is 0.122. The van der Waals surface area contributed by atoms with E-state index < -0.39 is 5.97 Å². The van der Waals surface area contributed by atoms with Crippen LogP contribution >= 0.6 is 11.3 Å². The molecule has 1 fully saturated rings.